The normalized spacial score (nSPS) is 11.1. The summed E-state index contributed by atoms with van der Waals surface area (Å²) >= 11 is 0. The Bertz CT molecular complexity index is 249. The van der Waals surface area contributed by atoms with E-state index in [1.807, 2.05) is 6.92 Å². The maximum atomic E-state index is 10.9. The molecule has 6 nitrogen and oxygen atoms in total. The Labute approximate surface area is 134 Å². The van der Waals surface area contributed by atoms with Gasteiger partial charge in [-0.2, -0.15) is 0 Å². The van der Waals surface area contributed by atoms with Crippen LogP contribution < -0.4 is 5.32 Å². The van der Waals surface area contributed by atoms with Gasteiger partial charge in [0.2, 0.25) is 5.91 Å². The summed E-state index contributed by atoms with van der Waals surface area (Å²) in [5.74, 6) is 0.727. The molecule has 0 heterocycles. The van der Waals surface area contributed by atoms with Crippen LogP contribution in [0.4, 0.5) is 0 Å². The third-order valence-corrected chi connectivity index (χ3v) is 2.85. The van der Waals surface area contributed by atoms with Gasteiger partial charge in [0.15, 0.2) is 0 Å². The minimum Gasteiger partial charge on any atom is -0.379 e. The molecule has 0 saturated heterocycles. The molecule has 0 aliphatic rings. The van der Waals surface area contributed by atoms with Gasteiger partial charge in [-0.05, 0) is 12.3 Å². The summed E-state index contributed by atoms with van der Waals surface area (Å²) in [7, 11) is 0. The molecule has 0 aromatic rings. The van der Waals surface area contributed by atoms with Crippen LogP contribution in [-0.4, -0.2) is 65.3 Å². The smallest absolute Gasteiger partial charge is 0.219 e. The van der Waals surface area contributed by atoms with Crippen LogP contribution >= 0.6 is 0 Å². The van der Waals surface area contributed by atoms with Crippen molar-refractivity contribution in [2.45, 2.75) is 33.6 Å². The SMILES string of the molecule is CCC(=O)NCCOCCOCCOCCOCCC(C)C. The van der Waals surface area contributed by atoms with Gasteiger partial charge < -0.3 is 24.3 Å². The predicted molar refractivity (Wildman–Crippen MR) is 86.0 cm³/mol. The van der Waals surface area contributed by atoms with Crippen LogP contribution in [0.3, 0.4) is 0 Å². The third-order valence-electron chi connectivity index (χ3n) is 2.85. The first-order valence-corrected chi connectivity index (χ1v) is 8.24. The van der Waals surface area contributed by atoms with Crippen molar-refractivity contribution >= 4 is 5.91 Å². The Balaban J connectivity index is 3.01. The molecule has 0 aliphatic carbocycles. The number of hydrogen-bond acceptors (Lipinski definition) is 5. The van der Waals surface area contributed by atoms with Crippen LogP contribution in [0.15, 0.2) is 0 Å². The van der Waals surface area contributed by atoms with E-state index in [0.717, 1.165) is 13.0 Å². The highest BCUT2D eigenvalue weighted by atomic mass is 16.6. The second kappa shape index (κ2) is 16.7. The van der Waals surface area contributed by atoms with Crippen molar-refractivity contribution in [3.05, 3.63) is 0 Å². The average molecular weight is 319 g/mol. The highest BCUT2D eigenvalue weighted by Crippen LogP contribution is 1.98. The number of carbonyl (C=O) groups excluding carboxylic acids is 1. The largest absolute Gasteiger partial charge is 0.379 e. The van der Waals surface area contributed by atoms with E-state index >= 15 is 0 Å². The summed E-state index contributed by atoms with van der Waals surface area (Å²) in [5.41, 5.74) is 0. The van der Waals surface area contributed by atoms with E-state index in [0.29, 0.717) is 65.1 Å². The summed E-state index contributed by atoms with van der Waals surface area (Å²) in [5, 5.41) is 2.74. The Morgan fingerprint density at radius 1 is 0.818 bits per heavy atom. The van der Waals surface area contributed by atoms with Crippen molar-refractivity contribution in [2.24, 2.45) is 5.92 Å². The number of amides is 1. The summed E-state index contributed by atoms with van der Waals surface area (Å²) in [6, 6.07) is 0. The molecule has 0 atom stereocenters. The molecule has 132 valence electrons. The highest BCUT2D eigenvalue weighted by molar-refractivity contribution is 5.75. The second-order valence-electron chi connectivity index (χ2n) is 5.34. The Morgan fingerprint density at radius 3 is 1.73 bits per heavy atom. The molecule has 0 fully saturated rings. The van der Waals surface area contributed by atoms with Gasteiger partial charge in [0.1, 0.15) is 0 Å². The molecular weight excluding hydrogens is 286 g/mol. The number of rotatable bonds is 16. The average Bonchev–Trinajstić information content (AvgIpc) is 2.50. The van der Waals surface area contributed by atoms with Crippen molar-refractivity contribution in [3.8, 4) is 0 Å². The van der Waals surface area contributed by atoms with Crippen molar-refractivity contribution in [2.75, 3.05) is 59.4 Å². The minimum atomic E-state index is 0.0465. The number of carbonyl (C=O) groups is 1. The van der Waals surface area contributed by atoms with Gasteiger partial charge in [0.05, 0.1) is 46.2 Å². The van der Waals surface area contributed by atoms with E-state index in [1.165, 1.54) is 0 Å². The fourth-order valence-corrected chi connectivity index (χ4v) is 1.47. The van der Waals surface area contributed by atoms with Gasteiger partial charge in [-0.1, -0.05) is 20.8 Å². The molecule has 1 amide bonds. The van der Waals surface area contributed by atoms with Crippen LogP contribution in [0.5, 0.6) is 0 Å². The molecule has 0 spiro atoms. The molecule has 0 aromatic carbocycles. The first-order chi connectivity index (χ1) is 10.7. The monoisotopic (exact) mass is 319 g/mol. The van der Waals surface area contributed by atoms with E-state index in [-0.39, 0.29) is 5.91 Å². The third kappa shape index (κ3) is 17.4. The van der Waals surface area contributed by atoms with Crippen LogP contribution in [0.2, 0.25) is 0 Å². The van der Waals surface area contributed by atoms with Crippen LogP contribution in [0.25, 0.3) is 0 Å². The summed E-state index contributed by atoms with van der Waals surface area (Å²) < 4.78 is 21.5. The zero-order valence-corrected chi connectivity index (χ0v) is 14.4. The Kier molecular flexibility index (Phi) is 16.2. The molecule has 0 aliphatic heterocycles. The number of ether oxygens (including phenoxy) is 4. The van der Waals surface area contributed by atoms with Crippen molar-refractivity contribution in [3.63, 3.8) is 0 Å². The second-order valence-corrected chi connectivity index (χ2v) is 5.34. The number of nitrogens with one attached hydrogen (secondary N) is 1. The Morgan fingerprint density at radius 2 is 1.27 bits per heavy atom. The van der Waals surface area contributed by atoms with Crippen LogP contribution in [0.1, 0.15) is 33.6 Å². The van der Waals surface area contributed by atoms with Gasteiger partial charge in [-0.15, -0.1) is 0 Å². The molecular formula is C16H33NO5. The lowest BCUT2D eigenvalue weighted by atomic mass is 10.1. The molecule has 0 rings (SSSR count). The fraction of sp³-hybridized carbons (Fsp3) is 0.938. The van der Waals surface area contributed by atoms with Crippen molar-refractivity contribution < 1.29 is 23.7 Å². The summed E-state index contributed by atoms with van der Waals surface area (Å²) in [6.45, 7) is 11.5. The number of hydrogen-bond donors (Lipinski definition) is 1. The predicted octanol–water partition coefficient (Wildman–Crippen LogP) is 1.63. The van der Waals surface area contributed by atoms with E-state index in [2.05, 4.69) is 19.2 Å². The van der Waals surface area contributed by atoms with Gasteiger partial charge in [-0.3, -0.25) is 4.79 Å². The summed E-state index contributed by atoms with van der Waals surface area (Å²) in [4.78, 5) is 10.9. The zero-order chi connectivity index (χ0) is 16.5. The van der Waals surface area contributed by atoms with Crippen molar-refractivity contribution in [1.82, 2.24) is 5.32 Å². The van der Waals surface area contributed by atoms with E-state index in [9.17, 15) is 4.79 Å². The Hall–Kier alpha value is -0.690. The highest BCUT2D eigenvalue weighted by Gasteiger charge is 1.96. The molecule has 22 heavy (non-hydrogen) atoms. The van der Waals surface area contributed by atoms with Crippen molar-refractivity contribution in [1.29, 1.82) is 0 Å². The lowest BCUT2D eigenvalue weighted by molar-refractivity contribution is -0.121. The van der Waals surface area contributed by atoms with E-state index in [1.54, 1.807) is 0 Å². The molecule has 0 saturated carbocycles. The van der Waals surface area contributed by atoms with Crippen LogP contribution in [-0.2, 0) is 23.7 Å². The van der Waals surface area contributed by atoms with Gasteiger partial charge in [0.25, 0.3) is 0 Å². The van der Waals surface area contributed by atoms with Gasteiger partial charge in [0, 0.05) is 19.6 Å². The molecule has 0 unspecified atom stereocenters. The van der Waals surface area contributed by atoms with Crippen LogP contribution in [0, 0.1) is 5.92 Å². The lowest BCUT2D eigenvalue weighted by Gasteiger charge is -2.08. The zero-order valence-electron chi connectivity index (χ0n) is 14.4. The van der Waals surface area contributed by atoms with Gasteiger partial charge in [-0.25, -0.2) is 0 Å². The standard InChI is InChI=1S/C16H33NO5/c1-4-16(18)17-6-8-20-10-12-22-14-13-21-11-9-19-7-5-15(2)3/h15H,4-14H2,1-3H3,(H,17,18). The fourth-order valence-electron chi connectivity index (χ4n) is 1.47. The first-order valence-electron chi connectivity index (χ1n) is 8.24. The maximum absolute atomic E-state index is 10.9. The molecule has 1 N–H and O–H groups in total. The molecule has 0 aromatic heterocycles. The van der Waals surface area contributed by atoms with E-state index < -0.39 is 0 Å². The van der Waals surface area contributed by atoms with E-state index in [4.69, 9.17) is 18.9 Å². The molecule has 0 bridgehead atoms. The molecule has 0 radical (unpaired) electrons. The quantitative estimate of drug-likeness (QED) is 0.438. The molecule has 6 heteroatoms. The summed E-state index contributed by atoms with van der Waals surface area (Å²) in [6.07, 6.45) is 1.59. The first kappa shape index (κ1) is 21.3. The van der Waals surface area contributed by atoms with Gasteiger partial charge >= 0.3 is 0 Å². The maximum Gasteiger partial charge on any atom is 0.219 e. The lowest BCUT2D eigenvalue weighted by Crippen LogP contribution is -2.26. The minimum absolute atomic E-state index is 0.0465. The topological polar surface area (TPSA) is 66.0 Å².